The van der Waals surface area contributed by atoms with E-state index in [9.17, 15) is 37.3 Å². The lowest BCUT2D eigenvalue weighted by Gasteiger charge is -2.32. The summed E-state index contributed by atoms with van der Waals surface area (Å²) in [5, 5.41) is 21.7. The summed E-state index contributed by atoms with van der Waals surface area (Å²) in [5.41, 5.74) is -4.06. The highest BCUT2D eigenvalue weighted by Crippen LogP contribution is 2.36. The zero-order chi connectivity index (χ0) is 19.6. The van der Waals surface area contributed by atoms with Crippen molar-refractivity contribution in [3.63, 3.8) is 0 Å². The minimum absolute atomic E-state index is 0.113. The monoisotopic (exact) mass is 379 g/mol. The van der Waals surface area contributed by atoms with Gasteiger partial charge < -0.3 is 15.3 Å². The fourth-order valence-corrected chi connectivity index (χ4v) is 2.71. The number of amides is 2. The van der Waals surface area contributed by atoms with E-state index in [2.05, 4.69) is 5.32 Å². The number of piperidine rings is 1. The maximum atomic E-state index is 13.7. The molecule has 0 aromatic heterocycles. The Morgan fingerprint density at radius 2 is 2.00 bits per heavy atom. The number of hydrogen-bond donors (Lipinski definition) is 2. The molecule has 1 aromatic rings. The number of carbonyl (C=O) groups excluding carboxylic acids is 1. The topological polar surface area (TPSA) is 113 Å². The number of hydrogen-bond acceptors (Lipinski definition) is 4. The summed E-state index contributed by atoms with van der Waals surface area (Å²) in [4.78, 5) is 33.7. The third-order valence-corrected chi connectivity index (χ3v) is 3.84. The highest BCUT2D eigenvalue weighted by molar-refractivity contribution is 5.95. The number of carboxylic acid groups (broad SMARTS) is 1. The van der Waals surface area contributed by atoms with E-state index in [1.807, 2.05) is 0 Å². The van der Waals surface area contributed by atoms with E-state index >= 15 is 0 Å². The molecule has 8 nitrogen and oxygen atoms in total. The molecule has 2 amide bonds. The van der Waals surface area contributed by atoms with E-state index in [4.69, 9.17) is 5.11 Å². The molecule has 0 saturated carbocycles. The third-order valence-electron chi connectivity index (χ3n) is 3.84. The van der Waals surface area contributed by atoms with Crippen LogP contribution in [0.15, 0.2) is 12.1 Å². The first-order valence-electron chi connectivity index (χ1n) is 7.34. The number of likely N-dealkylation sites (tertiary alicyclic amines) is 1. The van der Waals surface area contributed by atoms with Crippen LogP contribution >= 0.6 is 0 Å². The second-order valence-corrected chi connectivity index (χ2v) is 5.65. The summed E-state index contributed by atoms with van der Waals surface area (Å²) in [6.07, 6.45) is -5.74. The Labute approximate surface area is 143 Å². The Hall–Kier alpha value is -2.92. The normalized spacial score (nSPS) is 17.7. The number of nitrogens with one attached hydrogen (secondary N) is 1. The molecule has 0 radical (unpaired) electrons. The average Bonchev–Trinajstić information content (AvgIpc) is 2.52. The van der Waals surface area contributed by atoms with E-state index in [0.717, 1.165) is 4.90 Å². The minimum Gasteiger partial charge on any atom is -0.465 e. The Balaban J connectivity index is 2.37. The molecule has 2 rings (SSSR count). The van der Waals surface area contributed by atoms with Crippen molar-refractivity contribution in [2.24, 2.45) is 0 Å². The van der Waals surface area contributed by atoms with Crippen LogP contribution in [-0.4, -0.2) is 46.1 Å². The van der Waals surface area contributed by atoms with E-state index in [1.54, 1.807) is 0 Å². The van der Waals surface area contributed by atoms with Gasteiger partial charge in [-0.05, 0) is 18.9 Å². The maximum absolute atomic E-state index is 13.7. The van der Waals surface area contributed by atoms with Crippen LogP contribution in [0.4, 0.5) is 28.0 Å². The first-order valence-corrected chi connectivity index (χ1v) is 7.34. The molecule has 2 N–H and O–H groups in total. The van der Waals surface area contributed by atoms with Crippen LogP contribution in [0.1, 0.15) is 28.8 Å². The molecule has 26 heavy (non-hydrogen) atoms. The van der Waals surface area contributed by atoms with Crippen molar-refractivity contribution >= 4 is 17.7 Å². The van der Waals surface area contributed by atoms with Crippen LogP contribution in [0.2, 0.25) is 0 Å². The predicted octanol–water partition coefficient (Wildman–Crippen LogP) is 2.62. The summed E-state index contributed by atoms with van der Waals surface area (Å²) < 4.78 is 52.5. The van der Waals surface area contributed by atoms with Crippen LogP contribution in [0.3, 0.4) is 0 Å². The number of alkyl halides is 3. The van der Waals surface area contributed by atoms with E-state index < -0.39 is 51.8 Å². The number of nitrogens with zero attached hydrogens (tertiary/aromatic N) is 2. The Bertz CT molecular complexity index is 753. The average molecular weight is 379 g/mol. The second kappa shape index (κ2) is 7.14. The predicted molar refractivity (Wildman–Crippen MR) is 78.1 cm³/mol. The Kier molecular flexibility index (Phi) is 5.33. The van der Waals surface area contributed by atoms with Gasteiger partial charge in [-0.15, -0.1) is 0 Å². The molecule has 1 atom stereocenters. The number of carbonyl (C=O) groups is 2. The van der Waals surface area contributed by atoms with Crippen molar-refractivity contribution < 1.29 is 37.2 Å². The SMILES string of the molecule is O=C(O)NC1CCCN(C(=O)c2cc([N+](=O)[O-])c(F)c(C(F)(F)F)c2)C1. The fourth-order valence-electron chi connectivity index (χ4n) is 2.71. The van der Waals surface area contributed by atoms with Crippen LogP contribution in [0, 0.1) is 15.9 Å². The van der Waals surface area contributed by atoms with Crippen molar-refractivity contribution in [1.29, 1.82) is 0 Å². The third kappa shape index (κ3) is 4.18. The Morgan fingerprint density at radius 1 is 1.35 bits per heavy atom. The summed E-state index contributed by atoms with van der Waals surface area (Å²) in [7, 11) is 0. The van der Waals surface area contributed by atoms with Gasteiger partial charge >= 0.3 is 18.0 Å². The molecule has 1 unspecified atom stereocenters. The zero-order valence-electron chi connectivity index (χ0n) is 13.0. The molecule has 12 heteroatoms. The molecular formula is C14H13F4N3O5. The molecule has 1 aliphatic rings. The number of rotatable bonds is 3. The van der Waals surface area contributed by atoms with Gasteiger partial charge in [0.2, 0.25) is 5.82 Å². The number of halogens is 4. The van der Waals surface area contributed by atoms with Gasteiger partial charge in [0.1, 0.15) is 0 Å². The van der Waals surface area contributed by atoms with Crippen molar-refractivity contribution in [3.8, 4) is 0 Å². The molecule has 142 valence electrons. The molecule has 1 aliphatic heterocycles. The lowest BCUT2D eigenvalue weighted by molar-refractivity contribution is -0.387. The minimum atomic E-state index is -5.22. The molecule has 0 spiro atoms. The summed E-state index contributed by atoms with van der Waals surface area (Å²) in [5.74, 6) is -3.04. The number of nitro benzene ring substituents is 1. The van der Waals surface area contributed by atoms with Gasteiger partial charge in [0.15, 0.2) is 0 Å². The van der Waals surface area contributed by atoms with Gasteiger partial charge in [0.05, 0.1) is 10.5 Å². The van der Waals surface area contributed by atoms with E-state index in [-0.39, 0.29) is 19.2 Å². The quantitative estimate of drug-likeness (QED) is 0.476. The highest BCUT2D eigenvalue weighted by Gasteiger charge is 2.39. The van der Waals surface area contributed by atoms with Gasteiger partial charge in [-0.2, -0.15) is 17.6 Å². The summed E-state index contributed by atoms with van der Waals surface area (Å²) in [6, 6.07) is 0.0442. The van der Waals surface area contributed by atoms with E-state index in [0.29, 0.717) is 18.9 Å². The standard InChI is InChI=1S/C14H13F4N3O5/c15-11-9(14(16,17)18)4-7(5-10(11)21(25)26)12(22)20-3-1-2-8(6-20)19-13(23)24/h4-5,8,19H,1-3,6H2,(H,23,24). The van der Waals surface area contributed by atoms with Crippen LogP contribution < -0.4 is 5.32 Å². The lowest BCUT2D eigenvalue weighted by Crippen LogP contribution is -2.49. The van der Waals surface area contributed by atoms with Crippen LogP contribution in [-0.2, 0) is 6.18 Å². The molecule has 0 aliphatic carbocycles. The zero-order valence-corrected chi connectivity index (χ0v) is 13.0. The maximum Gasteiger partial charge on any atom is 0.419 e. The van der Waals surface area contributed by atoms with Gasteiger partial charge in [0.25, 0.3) is 5.91 Å². The highest BCUT2D eigenvalue weighted by atomic mass is 19.4. The van der Waals surface area contributed by atoms with Crippen LogP contribution in [0.5, 0.6) is 0 Å². The Morgan fingerprint density at radius 3 is 2.54 bits per heavy atom. The van der Waals surface area contributed by atoms with E-state index in [1.165, 1.54) is 0 Å². The molecule has 1 fully saturated rings. The smallest absolute Gasteiger partial charge is 0.419 e. The molecule has 1 aromatic carbocycles. The van der Waals surface area contributed by atoms with Gasteiger partial charge in [-0.1, -0.05) is 0 Å². The molecule has 1 saturated heterocycles. The molecule has 1 heterocycles. The van der Waals surface area contributed by atoms with Crippen molar-refractivity contribution in [3.05, 3.63) is 39.2 Å². The summed E-state index contributed by atoms with van der Waals surface area (Å²) in [6.45, 7) is 0.0147. The van der Waals surface area contributed by atoms with Gasteiger partial charge in [-0.25, -0.2) is 4.79 Å². The molecule has 0 bridgehead atoms. The second-order valence-electron chi connectivity index (χ2n) is 5.65. The first-order chi connectivity index (χ1) is 12.0. The van der Waals surface area contributed by atoms with Crippen molar-refractivity contribution in [2.75, 3.05) is 13.1 Å². The van der Waals surface area contributed by atoms with Crippen molar-refractivity contribution in [2.45, 2.75) is 25.1 Å². The van der Waals surface area contributed by atoms with Gasteiger partial charge in [-0.3, -0.25) is 14.9 Å². The lowest BCUT2D eigenvalue weighted by atomic mass is 10.0. The van der Waals surface area contributed by atoms with Crippen LogP contribution in [0.25, 0.3) is 0 Å². The first kappa shape index (κ1) is 19.4. The largest absolute Gasteiger partial charge is 0.465 e. The molecular weight excluding hydrogens is 366 g/mol. The number of nitro groups is 1. The summed E-state index contributed by atoms with van der Waals surface area (Å²) >= 11 is 0. The fraction of sp³-hybridized carbons (Fsp3) is 0.429. The number of benzene rings is 1. The van der Waals surface area contributed by atoms with Crippen molar-refractivity contribution in [1.82, 2.24) is 10.2 Å². The van der Waals surface area contributed by atoms with Gasteiger partial charge in [0, 0.05) is 30.8 Å².